The molecule has 1 aliphatic rings. The van der Waals surface area contributed by atoms with Crippen LogP contribution in [0.5, 0.6) is 0 Å². The van der Waals surface area contributed by atoms with Crippen LogP contribution in [0.3, 0.4) is 0 Å². The number of primary amides is 1. The standard InChI is InChI=1S/C93H132N26O27/c1-47(2)33-66-81(131)98-42-73(122)101-62(25-27-74(123)124)83(133)107-67(34-48(3)4)89(139)112-77(49(5)6)90(140)109-69(36-53-40-97-60-20-12-10-18-58(53)60)85(135)103-61(84(134)113-78(51(8)120)79(94)129)21-13-15-30-118-43-54(114-116-118)23-24-63(82(132)100-50(7)80(130)105-68(35-52-39-96-59-19-11-9-17-57(52)59)86(136)108-70(87(137)106-66)37-55-41-95-46-99-55)104-88(138)71(38-76(127)128)102-72(121)29-32-146-45-56-44-119(117-115-56)31-16-14-22-64(91(141)142)110-93(145)111-65(92(143)144)26-28-75(125)126/h9-12,17-20,39-41,43-44,46-51,61-71,77-78,82,96-97,100,120,132H,13-16,21-38,42,45H2,1-8H3,(H2,94,129)(H,95,99)(H,98,131)(H,101,122)(H,102,121)(H,103,135)(H,104,138)(H,105,130)(H,106,137)(H,107,133)(H,108,136)(H,109,140)(H,112,139)(H,113,134)(H,123,124)(H,125,126)(H,127,128)(H,141,142)(H,143,144)(H2,110,111,145)/t50-,51+,61-,62-,63-,64-,65-,66-,67-,68-,69-,70-,71-,77-,78-,82+/m0/s1. The number of aliphatic hydroxyl groups excluding tert-OH is 2. The van der Waals surface area contributed by atoms with E-state index in [2.05, 4.69) is 120 Å². The molecule has 2 aromatic carbocycles. The van der Waals surface area contributed by atoms with E-state index < -0.39 is 261 Å². The molecule has 5 aromatic heterocycles. The summed E-state index contributed by atoms with van der Waals surface area (Å²) >= 11 is 0. The lowest BCUT2D eigenvalue weighted by molar-refractivity contribution is -0.142. The summed E-state index contributed by atoms with van der Waals surface area (Å²) in [5, 5.41) is 127. The molecular weight excluding hydrogens is 1910 g/mol. The van der Waals surface area contributed by atoms with E-state index in [1.165, 1.54) is 48.1 Å². The molecule has 0 saturated carbocycles. The number of ether oxygens (including phenoxy) is 1. The fourth-order valence-electron chi connectivity index (χ4n) is 15.9. The minimum atomic E-state index is -1.99. The minimum absolute atomic E-state index is 0.0437. The lowest BCUT2D eigenvalue weighted by Crippen LogP contribution is -2.61. The number of nitrogens with two attached hydrogens (primary N) is 1. The third-order valence-corrected chi connectivity index (χ3v) is 23.7. The fraction of sp³-hybridized carbons (Fsp3) is 0.548. The van der Waals surface area contributed by atoms with Crippen LogP contribution in [0.15, 0.2) is 85.8 Å². The van der Waals surface area contributed by atoms with Crippen molar-refractivity contribution in [1.82, 2.24) is 130 Å². The number of urea groups is 1. The lowest BCUT2D eigenvalue weighted by Gasteiger charge is -2.30. The Kier molecular flexibility index (Phi) is 45.4. The molecule has 0 saturated heterocycles. The first kappa shape index (κ1) is 116. The number of unbranched alkanes of at least 4 members (excludes halogenated alkanes) is 1. The van der Waals surface area contributed by atoms with E-state index in [4.69, 9.17) is 15.6 Å². The molecule has 53 heteroatoms. The molecule has 7 aromatic rings. The number of aliphatic hydroxyl groups is 2. The second kappa shape index (κ2) is 57.2. The van der Waals surface area contributed by atoms with E-state index in [-0.39, 0.29) is 132 Å². The van der Waals surface area contributed by atoms with Gasteiger partial charge in [0.25, 0.3) is 0 Å². The number of para-hydroxylation sites is 2. The van der Waals surface area contributed by atoms with Crippen molar-refractivity contribution >= 4 is 134 Å². The average Bonchev–Trinajstić information content (AvgIpc) is 1.70. The summed E-state index contributed by atoms with van der Waals surface area (Å²) in [6.07, 6.45) is 0.410. The number of imidazole rings is 1. The number of H-pyrrole nitrogens is 3. The Morgan fingerprint density at radius 2 is 1.13 bits per heavy atom. The maximum Gasteiger partial charge on any atom is 0.326 e. The van der Waals surface area contributed by atoms with Crippen LogP contribution in [0.25, 0.3) is 21.8 Å². The van der Waals surface area contributed by atoms with Gasteiger partial charge >= 0.3 is 35.9 Å². The number of carbonyl (C=O) groups excluding carboxylic acids is 14. The van der Waals surface area contributed by atoms with Crippen molar-refractivity contribution in [2.24, 2.45) is 23.5 Å². The number of nitrogens with zero attached hydrogens (tertiary/aromatic N) is 7. The molecule has 0 radical (unpaired) electrons. The second-order valence-corrected chi connectivity index (χ2v) is 36.9. The first-order chi connectivity index (χ1) is 69.3. The highest BCUT2D eigenvalue weighted by Crippen LogP contribution is 2.24. The van der Waals surface area contributed by atoms with E-state index in [1.807, 2.05) is 0 Å². The monoisotopic (exact) mass is 2040 g/mol. The number of aromatic amines is 3. The quantitative estimate of drug-likeness (QED) is 0.0170. The number of rotatable bonds is 40. The number of aliphatic carboxylic acids is 5. The predicted molar refractivity (Wildman–Crippen MR) is 515 cm³/mol. The van der Waals surface area contributed by atoms with Crippen LogP contribution >= 0.6 is 0 Å². The second-order valence-electron chi connectivity index (χ2n) is 36.9. The highest BCUT2D eigenvalue weighted by atomic mass is 16.5. The lowest BCUT2D eigenvalue weighted by atomic mass is 9.98. The van der Waals surface area contributed by atoms with Crippen LogP contribution in [-0.4, -0.2) is 308 Å². The highest BCUT2D eigenvalue weighted by Gasteiger charge is 2.40. The molecule has 0 unspecified atom stereocenters. The zero-order valence-electron chi connectivity index (χ0n) is 82.0. The average molecular weight is 2050 g/mol. The van der Waals surface area contributed by atoms with Crippen molar-refractivity contribution in [3.05, 3.63) is 114 Å². The van der Waals surface area contributed by atoms with Crippen molar-refractivity contribution in [3.8, 4) is 0 Å². The molecule has 2 bridgehead atoms. The van der Waals surface area contributed by atoms with Gasteiger partial charge in [-0.25, -0.2) is 19.4 Å². The number of amides is 15. The van der Waals surface area contributed by atoms with Gasteiger partial charge in [0.05, 0.1) is 68.3 Å². The Labute approximate surface area is 836 Å². The third-order valence-electron chi connectivity index (χ3n) is 23.7. The van der Waals surface area contributed by atoms with Crippen molar-refractivity contribution in [1.29, 1.82) is 0 Å². The molecule has 16 atom stereocenters. The van der Waals surface area contributed by atoms with Gasteiger partial charge in [-0.2, -0.15) is 0 Å². The Morgan fingerprint density at radius 1 is 0.562 bits per heavy atom. The smallest absolute Gasteiger partial charge is 0.326 e. The maximum absolute atomic E-state index is 15.2. The van der Waals surface area contributed by atoms with Crippen LogP contribution < -0.4 is 85.5 Å². The summed E-state index contributed by atoms with van der Waals surface area (Å²) in [7, 11) is 0. The number of benzene rings is 2. The van der Waals surface area contributed by atoms with Gasteiger partial charge in [-0.1, -0.05) is 88.4 Å². The number of nitrogens with one attached hydrogen (secondary N) is 18. The first-order valence-electron chi connectivity index (χ1n) is 47.9. The molecule has 53 nitrogen and oxygen atoms in total. The van der Waals surface area contributed by atoms with Gasteiger partial charge in [-0.3, -0.25) is 91.4 Å². The van der Waals surface area contributed by atoms with Crippen LogP contribution in [-0.2, 0) is 136 Å². The molecule has 796 valence electrons. The number of carbonyl (C=O) groups is 19. The molecule has 8 rings (SSSR count). The first-order valence-corrected chi connectivity index (χ1v) is 47.9. The normalized spacial score (nSPS) is 21.2. The van der Waals surface area contributed by atoms with Gasteiger partial charge in [0.2, 0.25) is 76.8 Å². The molecule has 0 spiro atoms. The number of hydrogen-bond donors (Lipinski definition) is 26. The summed E-state index contributed by atoms with van der Waals surface area (Å²) in [5.74, 6) is -21.7. The zero-order valence-corrected chi connectivity index (χ0v) is 82.0. The van der Waals surface area contributed by atoms with Gasteiger partial charge < -0.3 is 136 Å². The number of carboxylic acid groups (broad SMARTS) is 5. The number of aromatic nitrogens is 10. The largest absolute Gasteiger partial charge is 0.481 e. The SMILES string of the molecule is CC(C)C[C@@H]1NC(=O)[C@H](Cc2c[nH]cn2)NC(=O)[C@H](Cc2c[nH]c3ccccc23)NC(=O)[C@H](C)N[C@H](O)[C@@H](NC(=O)[C@H](CC(=O)O)NC(=O)CCOCc2cn(CCCC[C@H](NC(=O)N[C@@H](CCC(=O)O)C(=O)O)C(=O)O)nn2)CCc2cn(nn2)CCCC[C@@H](C(=O)N[C@H](C(N)=O)[C@@H](C)O)NC(=O)[C@H](Cc2c[nH]c3ccccc23)NC(=O)[C@H](C(C)C)NC(=O)[C@H](CC(C)C)NC(=O)[C@H](CCC(=O)O)NC(=O)CNC1=O. The summed E-state index contributed by atoms with van der Waals surface area (Å²) in [4.78, 5) is 274. The molecule has 15 amide bonds. The predicted octanol–water partition coefficient (Wildman–Crippen LogP) is -3.05. The summed E-state index contributed by atoms with van der Waals surface area (Å²) < 4.78 is 8.46. The Bertz CT molecular complexity index is 5660. The Balaban J connectivity index is 1.09. The van der Waals surface area contributed by atoms with E-state index in [1.54, 1.807) is 102 Å². The molecule has 27 N–H and O–H groups in total. The topological polar surface area (TPSA) is 803 Å². The van der Waals surface area contributed by atoms with E-state index in [0.717, 1.165) is 0 Å². The van der Waals surface area contributed by atoms with Crippen molar-refractivity contribution in [2.75, 3.05) is 13.2 Å². The Morgan fingerprint density at radius 3 is 1.71 bits per heavy atom. The summed E-state index contributed by atoms with van der Waals surface area (Å²) in [6, 6.07) is -9.35. The molecule has 1 aliphatic heterocycles. The summed E-state index contributed by atoms with van der Waals surface area (Å²) in [6.45, 7) is 11.3. The van der Waals surface area contributed by atoms with E-state index >= 15 is 9.59 Å². The highest BCUT2D eigenvalue weighted by molar-refractivity contribution is 6.00. The Hall–Kier alpha value is -15.4. The van der Waals surface area contributed by atoms with Gasteiger partial charge in [-0.05, 0) is 132 Å². The van der Waals surface area contributed by atoms with E-state index in [0.29, 0.717) is 39.4 Å². The minimum Gasteiger partial charge on any atom is -0.481 e. The molecular formula is C93H132N26O27. The molecule has 146 heavy (non-hydrogen) atoms. The van der Waals surface area contributed by atoms with Gasteiger partial charge in [0.1, 0.15) is 84.4 Å². The number of carboxylic acids is 5. The van der Waals surface area contributed by atoms with Crippen LogP contribution in [0.1, 0.15) is 180 Å². The van der Waals surface area contributed by atoms with Crippen LogP contribution in [0, 0.1) is 17.8 Å². The zero-order chi connectivity index (χ0) is 107. The number of hydrogen-bond acceptors (Lipinski definition) is 28. The van der Waals surface area contributed by atoms with Crippen LogP contribution in [0.2, 0.25) is 0 Å². The van der Waals surface area contributed by atoms with Crippen LogP contribution in [0.4, 0.5) is 4.79 Å². The van der Waals surface area contributed by atoms with Crippen molar-refractivity contribution in [2.45, 2.75) is 294 Å². The molecule has 0 fully saturated rings. The third kappa shape index (κ3) is 38.0. The number of aryl methyl sites for hydroxylation is 3. The maximum atomic E-state index is 15.2. The summed E-state index contributed by atoms with van der Waals surface area (Å²) in [5.41, 5.74) is 8.58. The van der Waals surface area contributed by atoms with Crippen molar-refractivity contribution < 1.29 is 132 Å². The molecule has 6 heterocycles. The van der Waals surface area contributed by atoms with Gasteiger partial charge in [-0.15, -0.1) is 10.2 Å². The van der Waals surface area contributed by atoms with Gasteiger partial charge in [0, 0.05) is 98.2 Å². The van der Waals surface area contributed by atoms with E-state index in [9.17, 15) is 112 Å². The fourth-order valence-corrected chi connectivity index (χ4v) is 15.9. The van der Waals surface area contributed by atoms with Crippen molar-refractivity contribution in [3.63, 3.8) is 0 Å². The number of fused-ring (bicyclic) bond motifs is 4. The molecule has 0 aliphatic carbocycles. The van der Waals surface area contributed by atoms with Gasteiger partial charge in [0.15, 0.2) is 0 Å².